The van der Waals surface area contributed by atoms with Crippen LogP contribution in [0.2, 0.25) is 0 Å². The van der Waals surface area contributed by atoms with Gasteiger partial charge in [0.25, 0.3) is 5.70 Å². The maximum absolute atomic E-state index is 10.9. The van der Waals surface area contributed by atoms with Crippen molar-refractivity contribution in [3.8, 4) is 0 Å². The molecule has 2 aromatic carbocycles. The summed E-state index contributed by atoms with van der Waals surface area (Å²) in [6.45, 7) is 2.00. The second kappa shape index (κ2) is 7.73. The Bertz CT molecular complexity index is 905. The third-order valence-electron chi connectivity index (χ3n) is 3.72. The number of pyridine rings is 1. The van der Waals surface area contributed by atoms with Crippen LogP contribution in [-0.4, -0.2) is 10.1 Å². The van der Waals surface area contributed by atoms with Gasteiger partial charge in [0.05, 0.1) is 0 Å². The number of nitrogens with one attached hydrogen (secondary N) is 1. The predicted octanol–water partition coefficient (Wildman–Crippen LogP) is 4.61. The summed E-state index contributed by atoms with van der Waals surface area (Å²) in [5.41, 5.74) is 3.19. The Labute approximate surface area is 152 Å². The molecule has 3 aromatic rings. The zero-order valence-electron chi connectivity index (χ0n) is 13.9. The van der Waals surface area contributed by atoms with Crippen LogP contribution in [0.4, 0.5) is 5.69 Å². The second-order valence-electron chi connectivity index (χ2n) is 5.67. The molecule has 0 saturated heterocycles. The van der Waals surface area contributed by atoms with E-state index in [1.807, 2.05) is 96.7 Å². The number of para-hydroxylation sites is 1. The van der Waals surface area contributed by atoms with Crippen molar-refractivity contribution in [2.75, 3.05) is 5.32 Å². The molecule has 1 heterocycles. The maximum atomic E-state index is 10.9. The quantitative estimate of drug-likeness (QED) is 0.313. The van der Waals surface area contributed by atoms with Gasteiger partial charge in [0.2, 0.25) is 0 Å². The highest BCUT2D eigenvalue weighted by Gasteiger charge is 2.23. The number of anilines is 1. The first-order valence-electron chi connectivity index (χ1n) is 7.98. The molecule has 0 aliphatic heterocycles. The van der Waals surface area contributed by atoms with E-state index in [-0.39, 0.29) is 5.76 Å². The van der Waals surface area contributed by atoms with Crippen LogP contribution in [0.15, 0.2) is 85.2 Å². The van der Waals surface area contributed by atoms with Crippen LogP contribution < -0.4 is 9.88 Å². The smallest absolute Gasteiger partial charge is 0.288 e. The fourth-order valence-electron chi connectivity index (χ4n) is 2.52. The van der Waals surface area contributed by atoms with Gasteiger partial charge >= 0.3 is 0 Å². The highest BCUT2D eigenvalue weighted by molar-refractivity contribution is 7.81. The van der Waals surface area contributed by atoms with Crippen molar-refractivity contribution in [2.24, 2.45) is 0 Å². The van der Waals surface area contributed by atoms with Crippen LogP contribution in [0.3, 0.4) is 0 Å². The van der Waals surface area contributed by atoms with Crippen LogP contribution >= 0.6 is 12.2 Å². The van der Waals surface area contributed by atoms with E-state index in [2.05, 4.69) is 5.32 Å². The number of rotatable bonds is 4. The Morgan fingerprint density at radius 2 is 1.56 bits per heavy atom. The number of aliphatic hydroxyl groups excluding tert-OH is 1. The topological polar surface area (TPSA) is 36.1 Å². The number of benzene rings is 2. The SMILES string of the molecule is Cc1ccc[n+](C(C(=S)Nc2ccccc2)=C(O)c2ccccc2)c1. The minimum absolute atomic E-state index is 0.129. The summed E-state index contributed by atoms with van der Waals surface area (Å²) >= 11 is 5.61. The van der Waals surface area contributed by atoms with Crippen molar-refractivity contribution in [1.29, 1.82) is 0 Å². The summed E-state index contributed by atoms with van der Waals surface area (Å²) < 4.78 is 1.84. The summed E-state index contributed by atoms with van der Waals surface area (Å²) in [6.07, 6.45) is 3.81. The van der Waals surface area contributed by atoms with E-state index < -0.39 is 0 Å². The average Bonchev–Trinajstić information content (AvgIpc) is 2.63. The van der Waals surface area contributed by atoms with Crippen molar-refractivity contribution < 1.29 is 9.67 Å². The first kappa shape index (κ1) is 16.9. The molecule has 0 unspecified atom stereocenters. The molecule has 0 radical (unpaired) electrons. The first-order valence-corrected chi connectivity index (χ1v) is 8.39. The molecular formula is C21H19N2OS+. The molecule has 25 heavy (non-hydrogen) atoms. The van der Waals surface area contributed by atoms with Crippen molar-refractivity contribution in [3.05, 3.63) is 96.3 Å². The minimum atomic E-state index is 0.129. The summed E-state index contributed by atoms with van der Waals surface area (Å²) in [5.74, 6) is 0.129. The van der Waals surface area contributed by atoms with Gasteiger partial charge in [-0.2, -0.15) is 4.57 Å². The highest BCUT2D eigenvalue weighted by Crippen LogP contribution is 2.18. The third kappa shape index (κ3) is 4.11. The van der Waals surface area contributed by atoms with Crippen molar-refractivity contribution in [2.45, 2.75) is 6.92 Å². The number of thiocarbonyl (C=S) groups is 1. The molecule has 0 bridgehead atoms. The van der Waals surface area contributed by atoms with Gasteiger partial charge in [0, 0.05) is 22.9 Å². The molecule has 124 valence electrons. The molecule has 1 aromatic heterocycles. The number of aromatic nitrogens is 1. The van der Waals surface area contributed by atoms with Crippen LogP contribution in [0.1, 0.15) is 11.1 Å². The number of nitrogens with zero attached hydrogens (tertiary/aromatic N) is 1. The Morgan fingerprint density at radius 1 is 0.920 bits per heavy atom. The Balaban J connectivity index is 2.08. The summed E-state index contributed by atoms with van der Waals surface area (Å²) in [4.78, 5) is 0.447. The second-order valence-corrected chi connectivity index (χ2v) is 6.08. The van der Waals surface area contributed by atoms with Gasteiger partial charge in [-0.25, -0.2) is 0 Å². The van der Waals surface area contributed by atoms with Gasteiger partial charge in [0.1, 0.15) is 0 Å². The van der Waals surface area contributed by atoms with Gasteiger partial charge in [-0.15, -0.1) is 0 Å². The van der Waals surface area contributed by atoms with E-state index in [9.17, 15) is 5.11 Å². The fraction of sp³-hybridized carbons (Fsp3) is 0.0476. The van der Waals surface area contributed by atoms with E-state index in [1.54, 1.807) is 0 Å². The molecule has 3 rings (SSSR count). The third-order valence-corrected chi connectivity index (χ3v) is 4.02. The van der Waals surface area contributed by atoms with Crippen molar-refractivity contribution in [3.63, 3.8) is 0 Å². The van der Waals surface area contributed by atoms with E-state index in [1.165, 1.54) is 0 Å². The van der Waals surface area contributed by atoms with Gasteiger partial charge in [-0.3, -0.25) is 0 Å². The standard InChI is InChI=1S/C21H18N2OS/c1-16-9-8-14-23(15-16)19(20(24)17-10-4-2-5-11-17)21(25)22-18-12-6-3-7-13-18/h2-15H,1H3,(H-,22,24,25)/p+1. The zero-order valence-corrected chi connectivity index (χ0v) is 14.7. The van der Waals surface area contributed by atoms with E-state index >= 15 is 0 Å². The zero-order chi connectivity index (χ0) is 17.6. The normalized spacial score (nSPS) is 11.6. The maximum Gasteiger partial charge on any atom is 0.288 e. The van der Waals surface area contributed by atoms with Gasteiger partial charge in [0.15, 0.2) is 23.1 Å². The van der Waals surface area contributed by atoms with E-state index in [0.717, 1.165) is 11.3 Å². The predicted molar refractivity (Wildman–Crippen MR) is 106 cm³/mol. The fourth-order valence-corrected chi connectivity index (χ4v) is 2.84. The largest absolute Gasteiger partial charge is 0.502 e. The lowest BCUT2D eigenvalue weighted by Crippen LogP contribution is -2.38. The number of hydrogen-bond donors (Lipinski definition) is 2. The van der Waals surface area contributed by atoms with Crippen LogP contribution in [0.25, 0.3) is 11.5 Å². The van der Waals surface area contributed by atoms with Gasteiger partial charge < -0.3 is 10.4 Å². The summed E-state index contributed by atoms with van der Waals surface area (Å²) in [6, 6.07) is 23.0. The lowest BCUT2D eigenvalue weighted by atomic mass is 10.1. The van der Waals surface area contributed by atoms with E-state index in [4.69, 9.17) is 12.2 Å². The molecule has 0 aliphatic carbocycles. The molecule has 0 saturated carbocycles. The van der Waals surface area contributed by atoms with E-state index in [0.29, 0.717) is 16.2 Å². The number of aliphatic hydroxyl groups is 1. The molecular weight excluding hydrogens is 328 g/mol. The highest BCUT2D eigenvalue weighted by atomic mass is 32.1. The number of aryl methyl sites for hydroxylation is 1. The minimum Gasteiger partial charge on any atom is -0.502 e. The Hall–Kier alpha value is -2.98. The monoisotopic (exact) mass is 347 g/mol. The Morgan fingerprint density at radius 3 is 2.20 bits per heavy atom. The van der Waals surface area contributed by atoms with Gasteiger partial charge in [-0.05, 0) is 25.1 Å². The molecule has 0 amide bonds. The molecule has 0 atom stereocenters. The van der Waals surface area contributed by atoms with Crippen LogP contribution in [0.5, 0.6) is 0 Å². The average molecular weight is 347 g/mol. The lowest BCUT2D eigenvalue weighted by molar-refractivity contribution is -0.576. The molecule has 0 fully saturated rings. The molecule has 2 N–H and O–H groups in total. The first-order chi connectivity index (χ1) is 12.1. The number of hydrogen-bond acceptors (Lipinski definition) is 2. The Kier molecular flexibility index (Phi) is 5.21. The molecule has 0 aliphatic rings. The molecule has 0 spiro atoms. The molecule has 3 nitrogen and oxygen atoms in total. The summed E-state index contributed by atoms with van der Waals surface area (Å²) in [7, 11) is 0. The van der Waals surface area contributed by atoms with Crippen molar-refractivity contribution >= 4 is 34.3 Å². The summed E-state index contributed by atoms with van der Waals surface area (Å²) in [5, 5.41) is 14.1. The van der Waals surface area contributed by atoms with Crippen molar-refractivity contribution in [1.82, 2.24) is 0 Å². The van der Waals surface area contributed by atoms with Gasteiger partial charge in [-0.1, -0.05) is 60.7 Å². The lowest BCUT2D eigenvalue weighted by Gasteiger charge is -2.10. The molecule has 4 heteroatoms. The van der Waals surface area contributed by atoms with Crippen LogP contribution in [-0.2, 0) is 0 Å². The van der Waals surface area contributed by atoms with Crippen LogP contribution in [0, 0.1) is 6.92 Å².